The molecule has 2 heteroatoms. The van der Waals surface area contributed by atoms with Gasteiger partial charge in [0.2, 0.25) is 0 Å². The molecule has 0 N–H and O–H groups in total. The van der Waals surface area contributed by atoms with Gasteiger partial charge in [0.15, 0.2) is 5.78 Å². The summed E-state index contributed by atoms with van der Waals surface area (Å²) in [5.41, 5.74) is 0.816. The van der Waals surface area contributed by atoms with Gasteiger partial charge >= 0.3 is 0 Å². The molecule has 0 aliphatic heterocycles. The first-order valence-electron chi connectivity index (χ1n) is 4.94. The van der Waals surface area contributed by atoms with Gasteiger partial charge < -0.3 is 0 Å². The summed E-state index contributed by atoms with van der Waals surface area (Å²) in [5.74, 6) is 0.193. The molecule has 0 unspecified atom stereocenters. The Labute approximate surface area is 97.2 Å². The Morgan fingerprint density at radius 2 is 1.80 bits per heavy atom. The third-order valence-electron chi connectivity index (χ3n) is 2.49. The molecule has 0 spiro atoms. The van der Waals surface area contributed by atoms with E-state index in [4.69, 9.17) is 0 Å². The lowest BCUT2D eigenvalue weighted by Crippen LogP contribution is -1.97. The van der Waals surface area contributed by atoms with Crippen LogP contribution in [0.3, 0.4) is 0 Å². The molecule has 0 atom stereocenters. The van der Waals surface area contributed by atoms with Gasteiger partial charge in [0.1, 0.15) is 0 Å². The van der Waals surface area contributed by atoms with E-state index in [9.17, 15) is 4.79 Å². The summed E-state index contributed by atoms with van der Waals surface area (Å²) in [6.07, 6.45) is 0.547. The maximum atomic E-state index is 11.7. The van der Waals surface area contributed by atoms with E-state index in [1.54, 1.807) is 0 Å². The lowest BCUT2D eigenvalue weighted by atomic mass is 10.0. The molecule has 0 amide bonds. The molecule has 2 aromatic rings. The van der Waals surface area contributed by atoms with Crippen molar-refractivity contribution in [3.63, 3.8) is 0 Å². The summed E-state index contributed by atoms with van der Waals surface area (Å²) >= 11 is 3.49. The Balaban J connectivity index is 2.77. The van der Waals surface area contributed by atoms with Crippen LogP contribution >= 0.6 is 15.9 Å². The van der Waals surface area contributed by atoms with Crippen molar-refractivity contribution in [2.75, 3.05) is 0 Å². The molecule has 0 aromatic heterocycles. The molecule has 0 saturated heterocycles. The normalized spacial score (nSPS) is 10.5. The highest BCUT2D eigenvalue weighted by molar-refractivity contribution is 9.10. The number of hydrogen-bond donors (Lipinski definition) is 0. The van der Waals surface area contributed by atoms with E-state index >= 15 is 0 Å². The van der Waals surface area contributed by atoms with Crippen LogP contribution in [-0.2, 0) is 0 Å². The van der Waals surface area contributed by atoms with Crippen LogP contribution in [0.4, 0.5) is 0 Å². The lowest BCUT2D eigenvalue weighted by molar-refractivity contribution is 0.0990. The van der Waals surface area contributed by atoms with E-state index in [1.165, 1.54) is 0 Å². The second-order valence-corrected chi connectivity index (χ2v) is 4.27. The molecule has 2 aromatic carbocycles. The highest BCUT2D eigenvalue weighted by Gasteiger charge is 2.08. The number of hydrogen-bond acceptors (Lipinski definition) is 1. The number of carbonyl (C=O) groups excluding carboxylic acids is 1. The minimum atomic E-state index is 0.193. The standard InChI is InChI=1S/C13H11BrO/c1-2-13(15)11-7-8-12(14)10-6-4-3-5-9(10)11/h3-8H,2H2,1H3. The van der Waals surface area contributed by atoms with Crippen molar-refractivity contribution in [3.05, 3.63) is 46.4 Å². The molecule has 0 aliphatic rings. The van der Waals surface area contributed by atoms with Gasteiger partial charge in [-0.25, -0.2) is 0 Å². The van der Waals surface area contributed by atoms with E-state index in [-0.39, 0.29) is 5.78 Å². The fourth-order valence-electron chi connectivity index (χ4n) is 1.70. The van der Waals surface area contributed by atoms with Gasteiger partial charge in [0.05, 0.1) is 0 Å². The molecule has 0 heterocycles. The van der Waals surface area contributed by atoms with Crippen LogP contribution in [0.25, 0.3) is 10.8 Å². The van der Waals surface area contributed by atoms with Gasteiger partial charge in [-0.3, -0.25) is 4.79 Å². The minimum Gasteiger partial charge on any atom is -0.294 e. The third kappa shape index (κ3) is 1.82. The number of ketones is 1. The zero-order chi connectivity index (χ0) is 10.8. The SMILES string of the molecule is CCC(=O)c1ccc(Br)c2ccccc12. The number of fused-ring (bicyclic) bond motifs is 1. The monoisotopic (exact) mass is 262 g/mol. The fraction of sp³-hybridized carbons (Fsp3) is 0.154. The molecule has 0 aliphatic carbocycles. The molecule has 1 nitrogen and oxygen atoms in total. The largest absolute Gasteiger partial charge is 0.294 e. The van der Waals surface area contributed by atoms with Crippen molar-refractivity contribution < 1.29 is 4.79 Å². The second kappa shape index (κ2) is 4.15. The van der Waals surface area contributed by atoms with Gasteiger partial charge in [-0.15, -0.1) is 0 Å². The first kappa shape index (κ1) is 10.4. The Morgan fingerprint density at radius 3 is 2.47 bits per heavy atom. The number of carbonyl (C=O) groups is 1. The summed E-state index contributed by atoms with van der Waals surface area (Å²) in [6, 6.07) is 11.8. The van der Waals surface area contributed by atoms with E-state index in [1.807, 2.05) is 43.3 Å². The average Bonchev–Trinajstić information content (AvgIpc) is 2.29. The van der Waals surface area contributed by atoms with E-state index in [0.717, 1.165) is 20.8 Å². The maximum absolute atomic E-state index is 11.7. The number of halogens is 1. The summed E-state index contributed by atoms with van der Waals surface area (Å²) in [4.78, 5) is 11.7. The van der Waals surface area contributed by atoms with Crippen molar-refractivity contribution in [2.45, 2.75) is 13.3 Å². The Bertz CT molecular complexity index is 517. The van der Waals surface area contributed by atoms with Crippen LogP contribution in [0, 0.1) is 0 Å². The zero-order valence-electron chi connectivity index (χ0n) is 8.46. The number of rotatable bonds is 2. The van der Waals surface area contributed by atoms with Gasteiger partial charge in [0, 0.05) is 16.5 Å². The highest BCUT2D eigenvalue weighted by atomic mass is 79.9. The summed E-state index contributed by atoms with van der Waals surface area (Å²) < 4.78 is 1.03. The molecule has 15 heavy (non-hydrogen) atoms. The van der Waals surface area contributed by atoms with Crippen LogP contribution in [0.5, 0.6) is 0 Å². The number of benzene rings is 2. The first-order valence-corrected chi connectivity index (χ1v) is 5.73. The fourth-order valence-corrected chi connectivity index (χ4v) is 2.17. The maximum Gasteiger partial charge on any atom is 0.163 e. The minimum absolute atomic E-state index is 0.193. The average molecular weight is 263 g/mol. The first-order chi connectivity index (χ1) is 7.24. The van der Waals surface area contributed by atoms with Crippen LogP contribution < -0.4 is 0 Å². The van der Waals surface area contributed by atoms with Crippen LogP contribution in [0.1, 0.15) is 23.7 Å². The second-order valence-electron chi connectivity index (χ2n) is 3.42. The topological polar surface area (TPSA) is 17.1 Å². The van der Waals surface area contributed by atoms with Crippen molar-refractivity contribution in [3.8, 4) is 0 Å². The summed E-state index contributed by atoms with van der Waals surface area (Å²) in [7, 11) is 0. The van der Waals surface area contributed by atoms with Crippen LogP contribution in [0.15, 0.2) is 40.9 Å². The van der Waals surface area contributed by atoms with Gasteiger partial charge in [0.25, 0.3) is 0 Å². The Hall–Kier alpha value is -1.15. The van der Waals surface area contributed by atoms with Crippen molar-refractivity contribution in [2.24, 2.45) is 0 Å². The van der Waals surface area contributed by atoms with Crippen molar-refractivity contribution >= 4 is 32.5 Å². The smallest absolute Gasteiger partial charge is 0.163 e. The van der Waals surface area contributed by atoms with Crippen molar-refractivity contribution in [1.82, 2.24) is 0 Å². The highest BCUT2D eigenvalue weighted by Crippen LogP contribution is 2.27. The Kier molecular flexibility index (Phi) is 2.87. The quantitative estimate of drug-likeness (QED) is 0.742. The van der Waals surface area contributed by atoms with Crippen LogP contribution in [0.2, 0.25) is 0 Å². The molecule has 0 fully saturated rings. The Morgan fingerprint density at radius 1 is 1.13 bits per heavy atom. The molecular formula is C13H11BrO. The molecule has 0 saturated carbocycles. The van der Waals surface area contributed by atoms with Crippen molar-refractivity contribution in [1.29, 1.82) is 0 Å². The predicted molar refractivity (Wildman–Crippen MR) is 66.3 cm³/mol. The molecule has 0 radical (unpaired) electrons. The van der Waals surface area contributed by atoms with Gasteiger partial charge in [-0.1, -0.05) is 47.1 Å². The van der Waals surface area contributed by atoms with Crippen LogP contribution in [-0.4, -0.2) is 5.78 Å². The van der Waals surface area contributed by atoms with E-state index in [2.05, 4.69) is 15.9 Å². The third-order valence-corrected chi connectivity index (χ3v) is 3.18. The summed E-state index contributed by atoms with van der Waals surface area (Å²) in [5, 5.41) is 2.12. The lowest BCUT2D eigenvalue weighted by Gasteiger charge is -2.05. The molecule has 76 valence electrons. The predicted octanol–water partition coefficient (Wildman–Crippen LogP) is 4.20. The van der Waals surface area contributed by atoms with Gasteiger partial charge in [-0.2, -0.15) is 0 Å². The molecular weight excluding hydrogens is 252 g/mol. The van der Waals surface area contributed by atoms with E-state index < -0.39 is 0 Å². The summed E-state index contributed by atoms with van der Waals surface area (Å²) in [6.45, 7) is 1.89. The zero-order valence-corrected chi connectivity index (χ0v) is 10.0. The molecule has 2 rings (SSSR count). The van der Waals surface area contributed by atoms with Gasteiger partial charge in [-0.05, 0) is 22.9 Å². The van der Waals surface area contributed by atoms with E-state index in [0.29, 0.717) is 6.42 Å². The number of Topliss-reactive ketones (excluding diaryl/α,β-unsaturated/α-hetero) is 1. The molecule has 0 bridgehead atoms.